The van der Waals surface area contributed by atoms with Crippen LogP contribution in [0.5, 0.6) is 0 Å². The molecule has 1 unspecified atom stereocenters. The van der Waals surface area contributed by atoms with Crippen molar-refractivity contribution in [1.29, 1.82) is 0 Å². The number of hydrazine groups is 1. The van der Waals surface area contributed by atoms with E-state index in [2.05, 4.69) is 22.7 Å². The first-order valence-corrected chi connectivity index (χ1v) is 7.36. The summed E-state index contributed by atoms with van der Waals surface area (Å²) >= 11 is 0. The van der Waals surface area contributed by atoms with Gasteiger partial charge in [0.15, 0.2) is 0 Å². The molecule has 1 fully saturated rings. The molecule has 1 amide bonds. The molecule has 0 spiro atoms. The molecule has 5 heteroatoms. The maximum Gasteiger partial charge on any atom is 0.253 e. The molecular weight excluding hydrogens is 264 g/mol. The lowest BCUT2D eigenvalue weighted by Crippen LogP contribution is -2.40. The van der Waals surface area contributed by atoms with Crippen molar-refractivity contribution in [1.82, 2.24) is 10.3 Å². The average Bonchev–Trinajstić information content (AvgIpc) is 2.44. The summed E-state index contributed by atoms with van der Waals surface area (Å²) in [7, 11) is 0. The van der Waals surface area contributed by atoms with Gasteiger partial charge < -0.3 is 10.7 Å². The van der Waals surface area contributed by atoms with Crippen molar-refractivity contribution in [2.75, 3.05) is 5.43 Å². The maximum absolute atomic E-state index is 12.5. The molecule has 1 aliphatic carbocycles. The number of benzene rings is 1. The molecule has 0 saturated heterocycles. The number of nitrogen functional groups attached to an aromatic ring is 1. The maximum atomic E-state index is 12.5. The number of fused-ring (bicyclic) bond motifs is 1. The molecule has 2 aromatic rings. The number of carbonyl (C=O) groups excluding carboxylic acids is 1. The third-order valence-electron chi connectivity index (χ3n) is 4.39. The molecule has 1 aromatic heterocycles. The van der Waals surface area contributed by atoms with Gasteiger partial charge in [0.1, 0.15) is 5.82 Å². The van der Waals surface area contributed by atoms with E-state index < -0.39 is 0 Å². The number of hydrogen-bond acceptors (Lipinski definition) is 4. The van der Waals surface area contributed by atoms with Gasteiger partial charge in [0.25, 0.3) is 5.91 Å². The Balaban J connectivity index is 1.91. The van der Waals surface area contributed by atoms with Gasteiger partial charge in [-0.15, -0.1) is 0 Å². The lowest BCUT2D eigenvalue weighted by atomic mass is 9.80. The van der Waals surface area contributed by atoms with Crippen LogP contribution in [0.4, 0.5) is 5.82 Å². The van der Waals surface area contributed by atoms with Gasteiger partial charge in [-0.05, 0) is 31.1 Å². The van der Waals surface area contributed by atoms with Gasteiger partial charge in [0, 0.05) is 17.6 Å². The lowest BCUT2D eigenvalue weighted by Gasteiger charge is -2.31. The molecule has 1 saturated carbocycles. The highest BCUT2D eigenvalue weighted by atomic mass is 16.1. The highest BCUT2D eigenvalue weighted by Gasteiger charge is 2.25. The van der Waals surface area contributed by atoms with Crippen LogP contribution >= 0.6 is 0 Å². The van der Waals surface area contributed by atoms with Crippen molar-refractivity contribution < 1.29 is 4.79 Å². The topological polar surface area (TPSA) is 80.0 Å². The standard InChI is InChI=1S/C16H20N4O/c1-10(11-5-4-6-11)19-16(21)14-9-18-15(20-17)13-8-3-2-7-12(13)14/h2-3,7-11H,4-6,17H2,1H3,(H,18,20)(H,19,21). The number of aromatic nitrogens is 1. The molecule has 5 nitrogen and oxygen atoms in total. The third kappa shape index (κ3) is 2.56. The fourth-order valence-electron chi connectivity index (χ4n) is 2.83. The molecule has 21 heavy (non-hydrogen) atoms. The van der Waals surface area contributed by atoms with Crippen LogP contribution in [0.1, 0.15) is 36.5 Å². The minimum absolute atomic E-state index is 0.0679. The van der Waals surface area contributed by atoms with E-state index in [1.165, 1.54) is 19.3 Å². The van der Waals surface area contributed by atoms with Gasteiger partial charge >= 0.3 is 0 Å². The zero-order chi connectivity index (χ0) is 14.8. The second-order valence-corrected chi connectivity index (χ2v) is 5.66. The number of carbonyl (C=O) groups is 1. The van der Waals surface area contributed by atoms with E-state index in [-0.39, 0.29) is 11.9 Å². The van der Waals surface area contributed by atoms with Crippen molar-refractivity contribution in [2.45, 2.75) is 32.2 Å². The van der Waals surface area contributed by atoms with Crippen molar-refractivity contribution in [2.24, 2.45) is 11.8 Å². The van der Waals surface area contributed by atoms with Crippen LogP contribution in [0.25, 0.3) is 10.8 Å². The summed E-state index contributed by atoms with van der Waals surface area (Å²) in [6.45, 7) is 2.08. The Kier molecular flexibility index (Phi) is 3.75. The first-order valence-electron chi connectivity index (χ1n) is 7.36. The van der Waals surface area contributed by atoms with E-state index in [0.717, 1.165) is 10.8 Å². The zero-order valence-electron chi connectivity index (χ0n) is 12.1. The van der Waals surface area contributed by atoms with Crippen LogP contribution in [-0.4, -0.2) is 16.9 Å². The number of nitrogens with zero attached hydrogens (tertiary/aromatic N) is 1. The van der Waals surface area contributed by atoms with Crippen LogP contribution in [0.3, 0.4) is 0 Å². The van der Waals surface area contributed by atoms with Gasteiger partial charge in [-0.3, -0.25) is 4.79 Å². The van der Waals surface area contributed by atoms with E-state index in [1.54, 1.807) is 6.20 Å². The van der Waals surface area contributed by atoms with Gasteiger partial charge in [0.05, 0.1) is 5.56 Å². The minimum atomic E-state index is -0.0679. The van der Waals surface area contributed by atoms with Gasteiger partial charge in [-0.25, -0.2) is 10.8 Å². The Labute approximate surface area is 123 Å². The Hall–Kier alpha value is -2.14. The monoisotopic (exact) mass is 284 g/mol. The van der Waals surface area contributed by atoms with Gasteiger partial charge in [-0.2, -0.15) is 0 Å². The number of pyridine rings is 1. The summed E-state index contributed by atoms with van der Waals surface area (Å²) in [6.07, 6.45) is 5.26. The molecule has 4 N–H and O–H groups in total. The summed E-state index contributed by atoms with van der Waals surface area (Å²) in [4.78, 5) is 16.7. The van der Waals surface area contributed by atoms with E-state index in [1.807, 2.05) is 24.3 Å². The molecule has 1 heterocycles. The molecule has 1 aromatic carbocycles. The number of hydrogen-bond donors (Lipinski definition) is 3. The van der Waals surface area contributed by atoms with Crippen LogP contribution in [0.15, 0.2) is 30.5 Å². The summed E-state index contributed by atoms with van der Waals surface area (Å²) < 4.78 is 0. The van der Waals surface area contributed by atoms with Gasteiger partial charge in [0.2, 0.25) is 0 Å². The van der Waals surface area contributed by atoms with E-state index >= 15 is 0 Å². The summed E-state index contributed by atoms with van der Waals surface area (Å²) in [5.41, 5.74) is 3.16. The normalized spacial score (nSPS) is 16.3. The summed E-state index contributed by atoms with van der Waals surface area (Å²) in [6, 6.07) is 7.85. The highest BCUT2D eigenvalue weighted by Crippen LogP contribution is 2.30. The van der Waals surface area contributed by atoms with Crippen LogP contribution in [-0.2, 0) is 0 Å². The summed E-state index contributed by atoms with van der Waals surface area (Å²) in [5, 5.41) is 4.81. The number of nitrogens with one attached hydrogen (secondary N) is 2. The van der Waals surface area contributed by atoms with E-state index in [0.29, 0.717) is 17.3 Å². The Morgan fingerprint density at radius 1 is 1.33 bits per heavy atom. The number of rotatable bonds is 4. The quantitative estimate of drug-likeness (QED) is 0.595. The number of amides is 1. The molecule has 0 aliphatic heterocycles. The van der Waals surface area contributed by atoms with Crippen molar-refractivity contribution in [3.63, 3.8) is 0 Å². The first-order chi connectivity index (χ1) is 10.2. The number of anilines is 1. The SMILES string of the molecule is CC(NC(=O)c1cnc(NN)c2ccccc12)C1CCC1. The minimum Gasteiger partial charge on any atom is -0.349 e. The second kappa shape index (κ2) is 5.69. The fraction of sp³-hybridized carbons (Fsp3) is 0.375. The van der Waals surface area contributed by atoms with Crippen molar-refractivity contribution in [3.05, 3.63) is 36.0 Å². The molecule has 110 valence electrons. The molecule has 0 bridgehead atoms. The third-order valence-corrected chi connectivity index (χ3v) is 4.39. The zero-order valence-corrected chi connectivity index (χ0v) is 12.1. The van der Waals surface area contributed by atoms with Crippen LogP contribution in [0, 0.1) is 5.92 Å². The van der Waals surface area contributed by atoms with Crippen molar-refractivity contribution >= 4 is 22.5 Å². The Morgan fingerprint density at radius 2 is 2.05 bits per heavy atom. The summed E-state index contributed by atoms with van der Waals surface area (Å²) in [5.74, 6) is 6.59. The predicted molar refractivity (Wildman–Crippen MR) is 83.8 cm³/mol. The molecule has 0 radical (unpaired) electrons. The predicted octanol–water partition coefficient (Wildman–Crippen LogP) is 2.44. The van der Waals surface area contributed by atoms with E-state index in [9.17, 15) is 4.79 Å². The molecule has 3 rings (SSSR count). The Bertz CT molecular complexity index is 666. The second-order valence-electron chi connectivity index (χ2n) is 5.66. The van der Waals surface area contributed by atoms with Crippen LogP contribution in [0.2, 0.25) is 0 Å². The largest absolute Gasteiger partial charge is 0.349 e. The smallest absolute Gasteiger partial charge is 0.253 e. The lowest BCUT2D eigenvalue weighted by molar-refractivity contribution is 0.0910. The van der Waals surface area contributed by atoms with E-state index in [4.69, 9.17) is 5.84 Å². The number of nitrogens with two attached hydrogens (primary N) is 1. The fourth-order valence-corrected chi connectivity index (χ4v) is 2.83. The molecule has 1 atom stereocenters. The Morgan fingerprint density at radius 3 is 2.67 bits per heavy atom. The molecule has 1 aliphatic rings. The van der Waals surface area contributed by atoms with Gasteiger partial charge in [-0.1, -0.05) is 30.7 Å². The molecular formula is C16H20N4O. The first kappa shape index (κ1) is 13.8. The average molecular weight is 284 g/mol. The van der Waals surface area contributed by atoms with Crippen molar-refractivity contribution in [3.8, 4) is 0 Å². The highest BCUT2D eigenvalue weighted by molar-refractivity contribution is 6.09. The van der Waals surface area contributed by atoms with Crippen LogP contribution < -0.4 is 16.6 Å².